The fourth-order valence-corrected chi connectivity index (χ4v) is 2.14. The van der Waals surface area contributed by atoms with Crippen molar-refractivity contribution in [2.75, 3.05) is 12.4 Å². The molecular formula is C13H19NO2S. The second kappa shape index (κ2) is 7.35. The Morgan fingerprint density at radius 1 is 1.41 bits per heavy atom. The van der Waals surface area contributed by atoms with Crippen LogP contribution >= 0.6 is 11.8 Å². The standard InChI is InChI=1S/C13H19NO2S/c1-10-3-5-12(6-4-10)17-8-7-13(16)14-11(2)9-15/h3-6,11,15H,7-9H2,1-2H3,(H,14,16)/t11-/m0/s1. The highest BCUT2D eigenvalue weighted by Crippen LogP contribution is 2.18. The zero-order valence-corrected chi connectivity index (χ0v) is 11.1. The predicted molar refractivity (Wildman–Crippen MR) is 71.2 cm³/mol. The molecule has 0 saturated heterocycles. The van der Waals surface area contributed by atoms with E-state index in [0.29, 0.717) is 6.42 Å². The average molecular weight is 253 g/mol. The summed E-state index contributed by atoms with van der Waals surface area (Å²) in [5.74, 6) is 0.749. The minimum absolute atomic E-state index is 0.00818. The van der Waals surface area contributed by atoms with Crippen molar-refractivity contribution >= 4 is 17.7 Å². The van der Waals surface area contributed by atoms with Crippen molar-refractivity contribution in [1.82, 2.24) is 5.32 Å². The van der Waals surface area contributed by atoms with Crippen LogP contribution in [0.15, 0.2) is 29.2 Å². The molecule has 1 amide bonds. The molecule has 0 spiro atoms. The van der Waals surface area contributed by atoms with Gasteiger partial charge in [0.15, 0.2) is 0 Å². The molecule has 0 aliphatic heterocycles. The van der Waals surface area contributed by atoms with Crippen molar-refractivity contribution in [2.24, 2.45) is 0 Å². The summed E-state index contributed by atoms with van der Waals surface area (Å²) in [5.41, 5.74) is 1.24. The number of rotatable bonds is 6. The molecule has 1 rings (SSSR count). The van der Waals surface area contributed by atoms with E-state index < -0.39 is 0 Å². The summed E-state index contributed by atoms with van der Waals surface area (Å²) in [7, 11) is 0. The molecule has 94 valence electrons. The Morgan fingerprint density at radius 2 is 2.06 bits per heavy atom. The lowest BCUT2D eigenvalue weighted by Crippen LogP contribution is -2.35. The number of carbonyl (C=O) groups is 1. The fourth-order valence-electron chi connectivity index (χ4n) is 1.29. The number of hydrogen-bond acceptors (Lipinski definition) is 3. The van der Waals surface area contributed by atoms with E-state index in [9.17, 15) is 4.79 Å². The van der Waals surface area contributed by atoms with Gasteiger partial charge in [-0.2, -0.15) is 0 Å². The quantitative estimate of drug-likeness (QED) is 0.762. The largest absolute Gasteiger partial charge is 0.394 e. The van der Waals surface area contributed by atoms with Crippen molar-refractivity contribution in [3.63, 3.8) is 0 Å². The van der Waals surface area contributed by atoms with Crippen molar-refractivity contribution in [3.05, 3.63) is 29.8 Å². The van der Waals surface area contributed by atoms with Gasteiger partial charge in [-0.25, -0.2) is 0 Å². The average Bonchev–Trinajstić information content (AvgIpc) is 2.31. The van der Waals surface area contributed by atoms with Gasteiger partial charge in [0.2, 0.25) is 5.91 Å². The van der Waals surface area contributed by atoms with Gasteiger partial charge < -0.3 is 10.4 Å². The Labute approximate surface area is 107 Å². The summed E-state index contributed by atoms with van der Waals surface area (Å²) in [5, 5.41) is 11.5. The number of amides is 1. The first kappa shape index (κ1) is 14.1. The Hall–Kier alpha value is -1.00. The van der Waals surface area contributed by atoms with Crippen LogP contribution in [0.2, 0.25) is 0 Å². The highest BCUT2D eigenvalue weighted by atomic mass is 32.2. The maximum absolute atomic E-state index is 11.4. The van der Waals surface area contributed by atoms with Crippen LogP contribution in [-0.4, -0.2) is 29.4 Å². The molecule has 0 heterocycles. The number of aliphatic hydroxyl groups is 1. The number of benzene rings is 1. The van der Waals surface area contributed by atoms with Crippen LogP contribution in [0.1, 0.15) is 18.9 Å². The molecule has 1 aromatic carbocycles. The van der Waals surface area contributed by atoms with Crippen LogP contribution in [0, 0.1) is 6.92 Å². The molecule has 3 nitrogen and oxygen atoms in total. The Morgan fingerprint density at radius 3 is 2.65 bits per heavy atom. The van der Waals surface area contributed by atoms with Gasteiger partial charge in [0.25, 0.3) is 0 Å². The molecule has 0 unspecified atom stereocenters. The van der Waals surface area contributed by atoms with E-state index in [-0.39, 0.29) is 18.6 Å². The second-order valence-corrected chi connectivity index (χ2v) is 5.23. The lowest BCUT2D eigenvalue weighted by atomic mass is 10.2. The number of hydrogen-bond donors (Lipinski definition) is 2. The summed E-state index contributed by atoms with van der Waals surface area (Å²) in [4.78, 5) is 12.6. The van der Waals surface area contributed by atoms with E-state index in [1.54, 1.807) is 18.7 Å². The SMILES string of the molecule is Cc1ccc(SCCC(=O)N[C@@H](C)CO)cc1. The van der Waals surface area contributed by atoms with Gasteiger partial charge in [-0.3, -0.25) is 4.79 Å². The van der Waals surface area contributed by atoms with Crippen molar-refractivity contribution in [2.45, 2.75) is 31.2 Å². The summed E-state index contributed by atoms with van der Waals surface area (Å²) in [6, 6.07) is 8.10. The number of thioether (sulfide) groups is 1. The monoisotopic (exact) mass is 253 g/mol. The Kier molecular flexibility index (Phi) is 6.08. The van der Waals surface area contributed by atoms with Crippen molar-refractivity contribution < 1.29 is 9.90 Å². The van der Waals surface area contributed by atoms with E-state index >= 15 is 0 Å². The summed E-state index contributed by atoms with van der Waals surface area (Å²) < 4.78 is 0. The van der Waals surface area contributed by atoms with Gasteiger partial charge in [0.05, 0.1) is 6.61 Å². The molecule has 0 aliphatic rings. The normalized spacial score (nSPS) is 12.2. The highest BCUT2D eigenvalue weighted by Gasteiger charge is 2.05. The van der Waals surface area contributed by atoms with Crippen LogP contribution in [0.4, 0.5) is 0 Å². The molecule has 0 saturated carbocycles. The zero-order chi connectivity index (χ0) is 12.7. The molecule has 0 bridgehead atoms. The molecule has 0 aliphatic carbocycles. The van der Waals surface area contributed by atoms with E-state index in [1.807, 2.05) is 0 Å². The third kappa shape index (κ3) is 5.75. The molecule has 0 fully saturated rings. The number of nitrogens with one attached hydrogen (secondary N) is 1. The van der Waals surface area contributed by atoms with Gasteiger partial charge in [0.1, 0.15) is 0 Å². The third-order valence-electron chi connectivity index (χ3n) is 2.30. The zero-order valence-electron chi connectivity index (χ0n) is 10.3. The van der Waals surface area contributed by atoms with E-state index in [4.69, 9.17) is 5.11 Å². The second-order valence-electron chi connectivity index (χ2n) is 4.06. The van der Waals surface area contributed by atoms with Gasteiger partial charge in [-0.1, -0.05) is 17.7 Å². The van der Waals surface area contributed by atoms with Crippen LogP contribution in [0.5, 0.6) is 0 Å². The van der Waals surface area contributed by atoms with E-state index in [2.05, 4.69) is 36.5 Å². The van der Waals surface area contributed by atoms with Gasteiger partial charge >= 0.3 is 0 Å². The molecule has 0 radical (unpaired) electrons. The lowest BCUT2D eigenvalue weighted by molar-refractivity contribution is -0.121. The summed E-state index contributed by atoms with van der Waals surface area (Å²) in [6.45, 7) is 3.82. The summed E-state index contributed by atoms with van der Waals surface area (Å²) >= 11 is 1.67. The number of aliphatic hydroxyl groups excluding tert-OH is 1. The van der Waals surface area contributed by atoms with Gasteiger partial charge in [0, 0.05) is 23.1 Å². The van der Waals surface area contributed by atoms with Crippen LogP contribution < -0.4 is 5.32 Å². The van der Waals surface area contributed by atoms with Crippen LogP contribution in [-0.2, 0) is 4.79 Å². The topological polar surface area (TPSA) is 49.3 Å². The van der Waals surface area contributed by atoms with E-state index in [1.165, 1.54) is 10.5 Å². The molecule has 1 atom stereocenters. The van der Waals surface area contributed by atoms with Crippen molar-refractivity contribution in [3.8, 4) is 0 Å². The van der Waals surface area contributed by atoms with Gasteiger partial charge in [-0.05, 0) is 26.0 Å². The fraction of sp³-hybridized carbons (Fsp3) is 0.462. The van der Waals surface area contributed by atoms with Gasteiger partial charge in [-0.15, -0.1) is 11.8 Å². The number of aryl methyl sites for hydroxylation is 1. The van der Waals surface area contributed by atoms with E-state index in [0.717, 1.165) is 5.75 Å². The maximum atomic E-state index is 11.4. The smallest absolute Gasteiger partial charge is 0.221 e. The molecule has 0 aromatic heterocycles. The highest BCUT2D eigenvalue weighted by molar-refractivity contribution is 7.99. The summed E-state index contributed by atoms with van der Waals surface area (Å²) in [6.07, 6.45) is 0.475. The molecule has 4 heteroatoms. The van der Waals surface area contributed by atoms with Crippen LogP contribution in [0.3, 0.4) is 0 Å². The first-order chi connectivity index (χ1) is 8.11. The lowest BCUT2D eigenvalue weighted by Gasteiger charge is -2.10. The molecular weight excluding hydrogens is 234 g/mol. The van der Waals surface area contributed by atoms with Crippen molar-refractivity contribution in [1.29, 1.82) is 0 Å². The first-order valence-electron chi connectivity index (χ1n) is 5.71. The molecule has 1 aromatic rings. The van der Waals surface area contributed by atoms with Crippen LogP contribution in [0.25, 0.3) is 0 Å². The third-order valence-corrected chi connectivity index (χ3v) is 3.31. The Balaban J connectivity index is 2.23. The Bertz CT molecular complexity index is 351. The number of carbonyl (C=O) groups excluding carboxylic acids is 1. The first-order valence-corrected chi connectivity index (χ1v) is 6.70. The predicted octanol–water partition coefficient (Wildman–Crippen LogP) is 1.97. The molecule has 2 N–H and O–H groups in total. The maximum Gasteiger partial charge on any atom is 0.221 e. The molecule has 17 heavy (non-hydrogen) atoms. The minimum atomic E-state index is -0.160. The minimum Gasteiger partial charge on any atom is -0.394 e.